The summed E-state index contributed by atoms with van der Waals surface area (Å²) in [5, 5.41) is 0. The van der Waals surface area contributed by atoms with Crippen molar-refractivity contribution < 1.29 is 19.0 Å². The van der Waals surface area contributed by atoms with Gasteiger partial charge in [0.25, 0.3) is 0 Å². The highest BCUT2D eigenvalue weighted by atomic mass is 16.5. The number of carbonyl (C=O) groups is 1. The number of benzene rings is 2. The topological polar surface area (TPSA) is 48.0 Å². The zero-order chi connectivity index (χ0) is 18.1. The van der Waals surface area contributed by atoms with E-state index < -0.39 is 0 Å². The van der Waals surface area contributed by atoms with Gasteiger partial charge in [0, 0.05) is 18.7 Å². The van der Waals surface area contributed by atoms with Crippen molar-refractivity contribution in [2.24, 2.45) is 0 Å². The Morgan fingerprint density at radius 3 is 2.48 bits per heavy atom. The largest absolute Gasteiger partial charge is 0.497 e. The van der Waals surface area contributed by atoms with Gasteiger partial charge >= 0.3 is 0 Å². The number of amides is 1. The molecule has 2 rings (SSSR count). The molecule has 0 fully saturated rings. The molecular weight excluding hydrogens is 318 g/mol. The number of nitrogens with zero attached hydrogens (tertiary/aromatic N) is 1. The van der Waals surface area contributed by atoms with Crippen molar-refractivity contribution in [3.05, 3.63) is 60.2 Å². The van der Waals surface area contributed by atoms with Crippen LogP contribution < -0.4 is 14.2 Å². The van der Waals surface area contributed by atoms with E-state index in [1.165, 1.54) is 6.08 Å². The molecule has 132 valence electrons. The summed E-state index contributed by atoms with van der Waals surface area (Å²) in [5.41, 5.74) is 0.782. The van der Waals surface area contributed by atoms with Crippen LogP contribution in [0.3, 0.4) is 0 Å². The van der Waals surface area contributed by atoms with E-state index in [9.17, 15) is 4.79 Å². The summed E-state index contributed by atoms with van der Waals surface area (Å²) in [6, 6.07) is 15.0. The summed E-state index contributed by atoms with van der Waals surface area (Å²) < 4.78 is 16.1. The van der Waals surface area contributed by atoms with Gasteiger partial charge in [0.1, 0.15) is 23.9 Å². The molecule has 5 heteroatoms. The second-order valence-corrected chi connectivity index (χ2v) is 5.36. The molecule has 0 aliphatic heterocycles. The van der Waals surface area contributed by atoms with E-state index in [-0.39, 0.29) is 5.91 Å². The molecule has 0 radical (unpaired) electrons. The van der Waals surface area contributed by atoms with Gasteiger partial charge in [-0.1, -0.05) is 18.2 Å². The second-order valence-electron chi connectivity index (χ2n) is 5.36. The summed E-state index contributed by atoms with van der Waals surface area (Å²) in [4.78, 5) is 13.8. The molecule has 0 N–H and O–H groups in total. The maximum absolute atomic E-state index is 12.2. The van der Waals surface area contributed by atoms with Crippen LogP contribution in [0.4, 0.5) is 0 Å². The molecule has 1 amide bonds. The van der Waals surface area contributed by atoms with Crippen LogP contribution in [0.25, 0.3) is 6.08 Å². The number of likely N-dealkylation sites (N-methyl/N-ethyl adjacent to an activating group) is 1. The first kappa shape index (κ1) is 18.4. The summed E-state index contributed by atoms with van der Waals surface area (Å²) in [6.07, 6.45) is 3.23. The van der Waals surface area contributed by atoms with E-state index in [0.717, 1.165) is 11.3 Å². The molecule has 0 aliphatic carbocycles. The fraction of sp³-hybridized carbons (Fsp3) is 0.250. The maximum atomic E-state index is 12.2. The predicted molar refractivity (Wildman–Crippen MR) is 98.2 cm³/mol. The predicted octanol–water partition coefficient (Wildman–Crippen LogP) is 3.25. The second kappa shape index (κ2) is 9.37. The standard InChI is InChI=1S/C20H23NO4/c1-21(13-14-25-17-7-5-4-6-8-17)20(22)12-9-16-15-18(23-2)10-11-19(16)24-3/h4-12,15H,13-14H2,1-3H3. The number of ether oxygens (including phenoxy) is 3. The van der Waals surface area contributed by atoms with E-state index >= 15 is 0 Å². The van der Waals surface area contributed by atoms with Gasteiger partial charge in [-0.25, -0.2) is 0 Å². The number of para-hydroxylation sites is 1. The highest BCUT2D eigenvalue weighted by Crippen LogP contribution is 2.25. The zero-order valence-electron chi connectivity index (χ0n) is 14.8. The Kier molecular flexibility index (Phi) is 6.89. The van der Waals surface area contributed by atoms with Crippen molar-refractivity contribution in [3.8, 4) is 17.2 Å². The summed E-state index contributed by atoms with van der Waals surface area (Å²) in [6.45, 7) is 0.926. The lowest BCUT2D eigenvalue weighted by Gasteiger charge is -2.15. The third-order valence-corrected chi connectivity index (χ3v) is 3.66. The number of hydrogen-bond donors (Lipinski definition) is 0. The van der Waals surface area contributed by atoms with Crippen molar-refractivity contribution in [2.45, 2.75) is 0 Å². The first-order chi connectivity index (χ1) is 12.1. The average Bonchev–Trinajstić information content (AvgIpc) is 2.66. The monoisotopic (exact) mass is 341 g/mol. The third-order valence-electron chi connectivity index (χ3n) is 3.66. The van der Waals surface area contributed by atoms with E-state index in [1.54, 1.807) is 38.3 Å². The quantitative estimate of drug-likeness (QED) is 0.692. The first-order valence-corrected chi connectivity index (χ1v) is 7.97. The molecule has 2 aromatic rings. The van der Waals surface area contributed by atoms with Crippen LogP contribution in [0.5, 0.6) is 17.2 Å². The van der Waals surface area contributed by atoms with Gasteiger partial charge in [0.05, 0.1) is 20.8 Å². The Hall–Kier alpha value is -2.95. The zero-order valence-corrected chi connectivity index (χ0v) is 14.8. The molecule has 0 aliphatic rings. The maximum Gasteiger partial charge on any atom is 0.246 e. The molecule has 0 atom stereocenters. The van der Waals surface area contributed by atoms with E-state index in [4.69, 9.17) is 14.2 Å². The lowest BCUT2D eigenvalue weighted by atomic mass is 10.1. The highest BCUT2D eigenvalue weighted by molar-refractivity contribution is 5.92. The molecule has 25 heavy (non-hydrogen) atoms. The van der Waals surface area contributed by atoms with E-state index in [1.807, 2.05) is 42.5 Å². The van der Waals surface area contributed by atoms with Gasteiger partial charge < -0.3 is 19.1 Å². The number of carbonyl (C=O) groups excluding carboxylic acids is 1. The summed E-state index contributed by atoms with van der Waals surface area (Å²) in [5.74, 6) is 2.07. The number of hydrogen-bond acceptors (Lipinski definition) is 4. The Morgan fingerprint density at radius 2 is 1.80 bits per heavy atom. The van der Waals surface area contributed by atoms with Gasteiger partial charge in [-0.15, -0.1) is 0 Å². The normalized spacial score (nSPS) is 10.5. The van der Waals surface area contributed by atoms with E-state index in [2.05, 4.69) is 0 Å². The minimum Gasteiger partial charge on any atom is -0.497 e. The van der Waals surface area contributed by atoms with Crippen LogP contribution in [0.15, 0.2) is 54.6 Å². The van der Waals surface area contributed by atoms with Crippen molar-refractivity contribution >= 4 is 12.0 Å². The molecule has 5 nitrogen and oxygen atoms in total. The molecule has 0 unspecified atom stereocenters. The van der Waals surface area contributed by atoms with Crippen LogP contribution in [0, 0.1) is 0 Å². The molecule has 2 aromatic carbocycles. The molecule has 0 bridgehead atoms. The Labute approximate surface area is 148 Å². The lowest BCUT2D eigenvalue weighted by molar-refractivity contribution is -0.125. The highest BCUT2D eigenvalue weighted by Gasteiger charge is 2.07. The van der Waals surface area contributed by atoms with Crippen molar-refractivity contribution in [3.63, 3.8) is 0 Å². The first-order valence-electron chi connectivity index (χ1n) is 7.97. The molecule has 0 spiro atoms. The minimum absolute atomic E-state index is 0.110. The van der Waals surface area contributed by atoms with E-state index in [0.29, 0.717) is 24.7 Å². The van der Waals surface area contributed by atoms with Crippen LogP contribution in [-0.4, -0.2) is 45.2 Å². The third kappa shape index (κ3) is 5.57. The summed E-state index contributed by atoms with van der Waals surface area (Å²) >= 11 is 0. The van der Waals surface area contributed by atoms with Crippen LogP contribution in [-0.2, 0) is 4.79 Å². The van der Waals surface area contributed by atoms with Gasteiger partial charge in [-0.3, -0.25) is 4.79 Å². The number of methoxy groups -OCH3 is 2. The smallest absolute Gasteiger partial charge is 0.246 e. The average molecular weight is 341 g/mol. The fourth-order valence-corrected chi connectivity index (χ4v) is 2.19. The molecule has 0 aromatic heterocycles. The fourth-order valence-electron chi connectivity index (χ4n) is 2.19. The lowest BCUT2D eigenvalue weighted by Crippen LogP contribution is -2.29. The summed E-state index contributed by atoms with van der Waals surface area (Å²) in [7, 11) is 4.93. The van der Waals surface area contributed by atoms with Crippen LogP contribution >= 0.6 is 0 Å². The Balaban J connectivity index is 1.90. The SMILES string of the molecule is COc1ccc(OC)c(C=CC(=O)N(C)CCOc2ccccc2)c1. The van der Waals surface area contributed by atoms with Crippen molar-refractivity contribution in [1.29, 1.82) is 0 Å². The Morgan fingerprint density at radius 1 is 1.04 bits per heavy atom. The number of rotatable bonds is 8. The Bertz CT molecular complexity index is 713. The van der Waals surface area contributed by atoms with Gasteiger partial charge in [-0.2, -0.15) is 0 Å². The van der Waals surface area contributed by atoms with Crippen LogP contribution in [0.2, 0.25) is 0 Å². The van der Waals surface area contributed by atoms with Gasteiger partial charge in [0.2, 0.25) is 5.91 Å². The minimum atomic E-state index is -0.110. The van der Waals surface area contributed by atoms with Gasteiger partial charge in [-0.05, 0) is 36.4 Å². The molecule has 0 saturated carbocycles. The molecular formula is C20H23NO4. The van der Waals surface area contributed by atoms with Crippen molar-refractivity contribution in [2.75, 3.05) is 34.4 Å². The molecule has 0 saturated heterocycles. The van der Waals surface area contributed by atoms with Gasteiger partial charge in [0.15, 0.2) is 0 Å². The van der Waals surface area contributed by atoms with Crippen molar-refractivity contribution in [1.82, 2.24) is 4.90 Å². The van der Waals surface area contributed by atoms with Crippen LogP contribution in [0.1, 0.15) is 5.56 Å². The molecule has 0 heterocycles.